The van der Waals surface area contributed by atoms with Crippen LogP contribution in [0.1, 0.15) is 11.1 Å². The highest BCUT2D eigenvalue weighted by atomic mass is 19.1. The van der Waals surface area contributed by atoms with E-state index in [2.05, 4.69) is 20.2 Å². The molecule has 4 nitrogen and oxygen atoms in total. The highest BCUT2D eigenvalue weighted by Gasteiger charge is 2.01. The molecule has 2 N–H and O–H groups in total. The third-order valence-corrected chi connectivity index (χ3v) is 3.25. The second-order valence-electron chi connectivity index (χ2n) is 4.86. The maximum atomic E-state index is 13.5. The summed E-state index contributed by atoms with van der Waals surface area (Å²) in [5.74, 6) is 0.535. The molecule has 0 fully saturated rings. The predicted octanol–water partition coefficient (Wildman–Crippen LogP) is 2.30. The van der Waals surface area contributed by atoms with Crippen LogP contribution < -0.4 is 10.6 Å². The quantitative estimate of drug-likeness (QED) is 0.655. The van der Waals surface area contributed by atoms with E-state index in [0.29, 0.717) is 18.1 Å². The number of halogens is 1. The Labute approximate surface area is 124 Å². The Balaban J connectivity index is 1.78. The molecule has 0 unspecified atom stereocenters. The van der Waals surface area contributed by atoms with Crippen LogP contribution in [0.4, 0.5) is 4.39 Å². The van der Waals surface area contributed by atoms with Crippen molar-refractivity contribution >= 4 is 5.96 Å². The van der Waals surface area contributed by atoms with Crippen LogP contribution in [-0.2, 0) is 13.1 Å². The zero-order valence-corrected chi connectivity index (χ0v) is 12.4. The lowest BCUT2D eigenvalue weighted by Gasteiger charge is -2.12. The van der Waals surface area contributed by atoms with Crippen molar-refractivity contribution in [3.8, 4) is 0 Å². The third kappa shape index (κ3) is 4.63. The molecular weight excluding hydrogens is 267 g/mol. The van der Waals surface area contributed by atoms with Crippen molar-refractivity contribution in [2.24, 2.45) is 4.99 Å². The van der Waals surface area contributed by atoms with Gasteiger partial charge in [-0.2, -0.15) is 0 Å². The van der Waals surface area contributed by atoms with Gasteiger partial charge in [0.05, 0.1) is 0 Å². The van der Waals surface area contributed by atoms with Crippen LogP contribution in [0, 0.1) is 12.7 Å². The Hall–Kier alpha value is -2.30. The van der Waals surface area contributed by atoms with Gasteiger partial charge in [-0.1, -0.05) is 12.1 Å². The number of guanidine groups is 1. The molecule has 0 saturated carbocycles. The highest BCUT2D eigenvalue weighted by Crippen LogP contribution is 2.08. The second kappa shape index (κ2) is 7.47. The fourth-order valence-corrected chi connectivity index (χ4v) is 1.98. The lowest BCUT2D eigenvalue weighted by molar-refractivity contribution is 0.615. The maximum absolute atomic E-state index is 13.5. The summed E-state index contributed by atoms with van der Waals surface area (Å²) >= 11 is 0. The number of benzene rings is 1. The average molecular weight is 288 g/mol. The van der Waals surface area contributed by atoms with Crippen LogP contribution in [0.25, 0.3) is 0 Å². The first kappa shape index (κ1) is 15.1. The van der Waals surface area contributed by atoms with Crippen LogP contribution in [-0.4, -0.2) is 24.1 Å². The summed E-state index contributed by atoms with van der Waals surface area (Å²) in [7, 11) is 1.72. The predicted molar refractivity (Wildman–Crippen MR) is 83.8 cm³/mol. The number of nitrogens with zero attached hydrogens (tertiary/aromatic N) is 2. The second-order valence-corrected chi connectivity index (χ2v) is 4.86. The Morgan fingerprint density at radius 2 is 2.00 bits per heavy atom. The molecule has 0 aliphatic rings. The van der Waals surface area contributed by atoms with E-state index >= 15 is 0 Å². The zero-order valence-electron chi connectivity index (χ0n) is 12.4. The fraction of sp³-hybridized carbons (Fsp3) is 0.312. The molecule has 0 radical (unpaired) electrons. The van der Waals surface area contributed by atoms with Gasteiger partial charge in [-0.15, -0.1) is 0 Å². The summed E-state index contributed by atoms with van der Waals surface area (Å²) in [5.41, 5.74) is 1.56. The molecule has 1 aromatic carbocycles. The van der Waals surface area contributed by atoms with Gasteiger partial charge in [-0.05, 0) is 36.2 Å². The Bertz CT molecular complexity index is 590. The first-order valence-electron chi connectivity index (χ1n) is 6.99. The van der Waals surface area contributed by atoms with Gasteiger partial charge in [0, 0.05) is 39.1 Å². The first-order chi connectivity index (χ1) is 10.2. The van der Waals surface area contributed by atoms with Gasteiger partial charge in [-0.25, -0.2) is 4.39 Å². The molecular formula is C16H21FN4. The van der Waals surface area contributed by atoms with E-state index in [0.717, 1.165) is 18.7 Å². The Kier molecular flexibility index (Phi) is 5.37. The number of hydrogen-bond acceptors (Lipinski definition) is 1. The van der Waals surface area contributed by atoms with E-state index in [4.69, 9.17) is 0 Å². The maximum Gasteiger partial charge on any atom is 0.191 e. The van der Waals surface area contributed by atoms with Crippen LogP contribution in [0.3, 0.4) is 0 Å². The van der Waals surface area contributed by atoms with Crippen molar-refractivity contribution in [1.82, 2.24) is 15.2 Å². The highest BCUT2D eigenvalue weighted by molar-refractivity contribution is 5.79. The van der Waals surface area contributed by atoms with Crippen molar-refractivity contribution in [2.75, 3.05) is 13.6 Å². The molecule has 0 bridgehead atoms. The van der Waals surface area contributed by atoms with E-state index in [1.807, 2.05) is 30.6 Å². The molecule has 0 atom stereocenters. The van der Waals surface area contributed by atoms with Crippen molar-refractivity contribution < 1.29 is 4.39 Å². The molecule has 1 aromatic heterocycles. The van der Waals surface area contributed by atoms with Gasteiger partial charge in [0.15, 0.2) is 5.96 Å². The van der Waals surface area contributed by atoms with Crippen LogP contribution in [0.2, 0.25) is 0 Å². The van der Waals surface area contributed by atoms with E-state index in [-0.39, 0.29) is 5.82 Å². The monoisotopic (exact) mass is 288 g/mol. The zero-order chi connectivity index (χ0) is 15.1. The number of rotatable bonds is 5. The number of aryl methyl sites for hydroxylation is 1. The van der Waals surface area contributed by atoms with Gasteiger partial charge < -0.3 is 15.2 Å². The van der Waals surface area contributed by atoms with Crippen LogP contribution in [0.5, 0.6) is 0 Å². The first-order valence-corrected chi connectivity index (χ1v) is 6.99. The minimum absolute atomic E-state index is 0.176. The fourth-order valence-electron chi connectivity index (χ4n) is 1.98. The number of hydrogen-bond donors (Lipinski definition) is 2. The van der Waals surface area contributed by atoms with Crippen molar-refractivity contribution in [2.45, 2.75) is 20.0 Å². The molecule has 0 aliphatic heterocycles. The largest absolute Gasteiger partial charge is 0.355 e. The summed E-state index contributed by atoms with van der Waals surface area (Å²) in [6.07, 6.45) is 4.04. The molecule has 0 aliphatic carbocycles. The SMILES string of the molecule is CN=C(NCCn1cccc1)NCc1ccc(C)c(F)c1. The third-order valence-electron chi connectivity index (χ3n) is 3.25. The molecule has 21 heavy (non-hydrogen) atoms. The molecule has 0 saturated heterocycles. The average Bonchev–Trinajstić information content (AvgIpc) is 2.99. The molecule has 2 aromatic rings. The van der Waals surface area contributed by atoms with E-state index < -0.39 is 0 Å². The Morgan fingerprint density at radius 1 is 1.24 bits per heavy atom. The van der Waals surface area contributed by atoms with Gasteiger partial charge >= 0.3 is 0 Å². The van der Waals surface area contributed by atoms with E-state index in [1.165, 1.54) is 0 Å². The van der Waals surface area contributed by atoms with Gasteiger partial charge in [-0.3, -0.25) is 4.99 Å². The number of aliphatic imine (C=N–C) groups is 1. The molecule has 0 spiro atoms. The lowest BCUT2D eigenvalue weighted by atomic mass is 10.1. The summed E-state index contributed by atoms with van der Waals surface area (Å²) < 4.78 is 15.6. The minimum atomic E-state index is -0.176. The lowest BCUT2D eigenvalue weighted by Crippen LogP contribution is -2.38. The van der Waals surface area contributed by atoms with Gasteiger partial charge in [0.2, 0.25) is 0 Å². The van der Waals surface area contributed by atoms with Gasteiger partial charge in [0.25, 0.3) is 0 Å². The molecule has 5 heteroatoms. The Morgan fingerprint density at radius 3 is 2.67 bits per heavy atom. The number of aromatic nitrogens is 1. The van der Waals surface area contributed by atoms with Crippen LogP contribution >= 0.6 is 0 Å². The normalized spacial score (nSPS) is 11.5. The van der Waals surface area contributed by atoms with E-state index in [1.54, 1.807) is 26.1 Å². The smallest absolute Gasteiger partial charge is 0.191 e. The molecule has 2 rings (SSSR count). The van der Waals surface area contributed by atoms with Crippen LogP contribution in [0.15, 0.2) is 47.7 Å². The summed E-state index contributed by atoms with van der Waals surface area (Å²) in [6, 6.07) is 9.25. The van der Waals surface area contributed by atoms with E-state index in [9.17, 15) is 4.39 Å². The topological polar surface area (TPSA) is 41.4 Å². The standard InChI is InChI=1S/C16H21FN4/c1-13-5-6-14(11-15(13)17)12-20-16(18-2)19-7-10-21-8-3-4-9-21/h3-6,8-9,11H,7,10,12H2,1-2H3,(H2,18,19,20). The van der Waals surface area contributed by atoms with Crippen molar-refractivity contribution in [3.05, 3.63) is 59.7 Å². The number of nitrogens with one attached hydrogen (secondary N) is 2. The summed E-state index contributed by atoms with van der Waals surface area (Å²) in [5, 5.41) is 6.40. The van der Waals surface area contributed by atoms with Crippen molar-refractivity contribution in [3.63, 3.8) is 0 Å². The summed E-state index contributed by atoms with van der Waals surface area (Å²) in [4.78, 5) is 4.15. The molecule has 1 heterocycles. The minimum Gasteiger partial charge on any atom is -0.355 e. The van der Waals surface area contributed by atoms with Crippen molar-refractivity contribution in [1.29, 1.82) is 0 Å². The summed E-state index contributed by atoms with van der Waals surface area (Å²) in [6.45, 7) is 3.94. The molecule has 0 amide bonds. The van der Waals surface area contributed by atoms with Gasteiger partial charge in [0.1, 0.15) is 5.82 Å². The molecule has 112 valence electrons.